The first kappa shape index (κ1) is 23.8. The Hall–Kier alpha value is -4.26. The predicted octanol–water partition coefficient (Wildman–Crippen LogP) is 2.12. The molecule has 0 amide bonds. The van der Waals surface area contributed by atoms with E-state index in [-0.39, 0.29) is 0 Å². The van der Waals surface area contributed by atoms with Crippen LogP contribution in [-0.2, 0) is 13.6 Å². The van der Waals surface area contributed by atoms with Crippen LogP contribution in [0.25, 0.3) is 33.7 Å². The number of aromatic nitrogens is 11. The smallest absolute Gasteiger partial charge is 0.225 e. The van der Waals surface area contributed by atoms with Crippen LogP contribution in [0.2, 0.25) is 0 Å². The maximum absolute atomic E-state index is 4.81. The van der Waals surface area contributed by atoms with Crippen molar-refractivity contribution in [3.8, 4) is 22.4 Å². The molecule has 200 valence electrons. The van der Waals surface area contributed by atoms with E-state index in [0.29, 0.717) is 29.8 Å². The van der Waals surface area contributed by atoms with Crippen molar-refractivity contribution in [2.45, 2.75) is 38.3 Å². The Morgan fingerprint density at radius 1 is 0.897 bits per heavy atom. The van der Waals surface area contributed by atoms with E-state index in [4.69, 9.17) is 15.0 Å². The van der Waals surface area contributed by atoms with Gasteiger partial charge in [0.05, 0.1) is 30.3 Å². The SMILES string of the molecule is Cn1cc(-c2cnc3nnn(C[C@@H]4CCCN(c5ncc(-c6cnn(C7CCNCC7)c6)cn5)C4)c3n2)cn1. The molecule has 2 aliphatic heterocycles. The van der Waals surface area contributed by atoms with Crippen LogP contribution in [0.4, 0.5) is 5.95 Å². The van der Waals surface area contributed by atoms with E-state index in [1.54, 1.807) is 17.1 Å². The minimum absolute atomic E-state index is 0.374. The van der Waals surface area contributed by atoms with Crippen molar-refractivity contribution >= 4 is 17.2 Å². The Labute approximate surface area is 225 Å². The molecule has 2 saturated heterocycles. The third kappa shape index (κ3) is 4.85. The van der Waals surface area contributed by atoms with Crippen LogP contribution in [0, 0.1) is 5.92 Å². The minimum Gasteiger partial charge on any atom is -0.340 e. The van der Waals surface area contributed by atoms with Crippen LogP contribution >= 0.6 is 0 Å². The number of nitrogens with one attached hydrogen (secondary N) is 1. The zero-order valence-corrected chi connectivity index (χ0v) is 21.9. The van der Waals surface area contributed by atoms with Crippen molar-refractivity contribution in [3.05, 3.63) is 43.4 Å². The van der Waals surface area contributed by atoms with Gasteiger partial charge < -0.3 is 10.2 Å². The monoisotopic (exact) mass is 525 g/mol. The number of aryl methyl sites for hydroxylation is 1. The summed E-state index contributed by atoms with van der Waals surface area (Å²) in [5, 5.41) is 20.9. The summed E-state index contributed by atoms with van der Waals surface area (Å²) < 4.78 is 5.72. The molecule has 0 spiro atoms. The van der Waals surface area contributed by atoms with Crippen LogP contribution in [-0.4, -0.2) is 80.7 Å². The number of nitrogens with zero attached hydrogens (tertiary/aromatic N) is 12. The minimum atomic E-state index is 0.374. The van der Waals surface area contributed by atoms with Crippen molar-refractivity contribution < 1.29 is 0 Å². The van der Waals surface area contributed by atoms with Crippen molar-refractivity contribution in [1.29, 1.82) is 0 Å². The van der Waals surface area contributed by atoms with Gasteiger partial charge in [-0.05, 0) is 44.7 Å². The zero-order chi connectivity index (χ0) is 26.2. The highest BCUT2D eigenvalue weighted by Gasteiger charge is 2.24. The fourth-order valence-electron chi connectivity index (χ4n) is 5.60. The standard InChI is InChI=1S/C26H31N13/c1-36-16-21(12-31-36)23-13-28-24-25(33-23)39(35-34-24)15-18-3-2-8-37(14-18)26-29-9-19(10-30-26)20-11-32-38(17-20)22-4-6-27-7-5-22/h9-13,16-18,22,27H,2-8,14-15H2,1H3/t18-/m1/s1. The van der Waals surface area contributed by atoms with Gasteiger partial charge in [0.15, 0.2) is 5.65 Å². The summed E-state index contributed by atoms with van der Waals surface area (Å²) in [7, 11) is 1.89. The molecule has 0 unspecified atom stereocenters. The van der Waals surface area contributed by atoms with E-state index < -0.39 is 0 Å². The Morgan fingerprint density at radius 3 is 2.56 bits per heavy atom. The first-order valence-corrected chi connectivity index (χ1v) is 13.6. The molecule has 2 aliphatic rings. The third-order valence-corrected chi connectivity index (χ3v) is 7.72. The summed E-state index contributed by atoms with van der Waals surface area (Å²) in [4.78, 5) is 21.0. The van der Waals surface area contributed by atoms with Gasteiger partial charge >= 0.3 is 0 Å². The molecule has 5 aromatic rings. The summed E-state index contributed by atoms with van der Waals surface area (Å²) in [5.74, 6) is 1.13. The lowest BCUT2D eigenvalue weighted by atomic mass is 9.98. The van der Waals surface area contributed by atoms with Crippen LogP contribution in [0.15, 0.2) is 43.4 Å². The summed E-state index contributed by atoms with van der Waals surface area (Å²) in [6, 6.07) is 0.459. The van der Waals surface area contributed by atoms with Gasteiger partial charge in [0.2, 0.25) is 11.6 Å². The first-order chi connectivity index (χ1) is 19.2. The second-order valence-electron chi connectivity index (χ2n) is 10.5. The fraction of sp³-hybridized carbons (Fsp3) is 0.462. The fourth-order valence-corrected chi connectivity index (χ4v) is 5.60. The van der Waals surface area contributed by atoms with Crippen molar-refractivity contribution in [2.24, 2.45) is 13.0 Å². The molecule has 0 aromatic carbocycles. The molecule has 7 heterocycles. The van der Waals surface area contributed by atoms with Crippen molar-refractivity contribution in [1.82, 2.24) is 59.8 Å². The summed E-state index contributed by atoms with van der Waals surface area (Å²) >= 11 is 0. The van der Waals surface area contributed by atoms with Crippen LogP contribution in [0.5, 0.6) is 0 Å². The Balaban J connectivity index is 1.04. The van der Waals surface area contributed by atoms with Crippen molar-refractivity contribution in [3.63, 3.8) is 0 Å². The molecule has 5 aromatic heterocycles. The normalized spacial score (nSPS) is 18.7. The summed E-state index contributed by atoms with van der Waals surface area (Å²) in [6.07, 6.45) is 17.7. The Bertz CT molecular complexity index is 1560. The number of hydrogen-bond acceptors (Lipinski definition) is 10. The summed E-state index contributed by atoms with van der Waals surface area (Å²) in [5.41, 5.74) is 4.98. The van der Waals surface area contributed by atoms with Gasteiger partial charge in [-0.15, -0.1) is 5.10 Å². The Morgan fingerprint density at radius 2 is 1.74 bits per heavy atom. The molecule has 0 aliphatic carbocycles. The number of hydrogen-bond donors (Lipinski definition) is 1. The Kier molecular flexibility index (Phi) is 6.19. The van der Waals surface area contributed by atoms with Gasteiger partial charge in [-0.3, -0.25) is 9.36 Å². The van der Waals surface area contributed by atoms with E-state index in [1.165, 1.54) is 0 Å². The van der Waals surface area contributed by atoms with E-state index in [0.717, 1.165) is 80.2 Å². The molecule has 13 heteroatoms. The molecular weight excluding hydrogens is 494 g/mol. The molecule has 7 rings (SSSR count). The van der Waals surface area contributed by atoms with Gasteiger partial charge in [0, 0.05) is 68.2 Å². The third-order valence-electron chi connectivity index (χ3n) is 7.72. The predicted molar refractivity (Wildman–Crippen MR) is 145 cm³/mol. The quantitative estimate of drug-likeness (QED) is 0.351. The average molecular weight is 526 g/mol. The molecule has 13 nitrogen and oxygen atoms in total. The topological polar surface area (TPSA) is 133 Å². The van der Waals surface area contributed by atoms with E-state index in [1.807, 2.05) is 36.5 Å². The summed E-state index contributed by atoms with van der Waals surface area (Å²) in [6.45, 7) is 4.59. The highest BCUT2D eigenvalue weighted by molar-refractivity contribution is 5.69. The van der Waals surface area contributed by atoms with Crippen LogP contribution in [0.1, 0.15) is 31.7 Å². The number of piperidine rings is 2. The second-order valence-corrected chi connectivity index (χ2v) is 10.5. The number of fused-ring (bicyclic) bond motifs is 1. The molecule has 2 fully saturated rings. The molecule has 0 bridgehead atoms. The number of anilines is 1. The largest absolute Gasteiger partial charge is 0.340 e. The molecular formula is C26H31N13. The maximum Gasteiger partial charge on any atom is 0.225 e. The molecule has 0 saturated carbocycles. The highest BCUT2D eigenvalue weighted by Crippen LogP contribution is 2.26. The second kappa shape index (κ2) is 10.1. The van der Waals surface area contributed by atoms with Gasteiger partial charge in [-0.1, -0.05) is 5.21 Å². The van der Waals surface area contributed by atoms with Crippen molar-refractivity contribution in [2.75, 3.05) is 31.1 Å². The molecule has 1 N–H and O–H groups in total. The van der Waals surface area contributed by atoms with Gasteiger partial charge in [-0.25, -0.2) is 24.6 Å². The van der Waals surface area contributed by atoms with Gasteiger partial charge in [-0.2, -0.15) is 10.2 Å². The molecule has 1 atom stereocenters. The van der Waals surface area contributed by atoms with E-state index >= 15 is 0 Å². The van der Waals surface area contributed by atoms with Crippen LogP contribution in [0.3, 0.4) is 0 Å². The zero-order valence-electron chi connectivity index (χ0n) is 21.9. The van der Waals surface area contributed by atoms with E-state index in [2.05, 4.69) is 46.6 Å². The van der Waals surface area contributed by atoms with Gasteiger partial charge in [0.25, 0.3) is 0 Å². The highest BCUT2D eigenvalue weighted by atomic mass is 15.5. The lowest BCUT2D eigenvalue weighted by molar-refractivity contribution is 0.343. The van der Waals surface area contributed by atoms with E-state index in [9.17, 15) is 0 Å². The molecule has 0 radical (unpaired) electrons. The lowest BCUT2D eigenvalue weighted by Crippen LogP contribution is -2.38. The number of rotatable bonds is 6. The molecule has 39 heavy (non-hydrogen) atoms. The maximum atomic E-state index is 4.81. The first-order valence-electron chi connectivity index (χ1n) is 13.6. The average Bonchev–Trinajstić information content (AvgIpc) is 3.74. The van der Waals surface area contributed by atoms with Crippen LogP contribution < -0.4 is 10.2 Å². The lowest BCUT2D eigenvalue weighted by Gasteiger charge is -2.32. The van der Waals surface area contributed by atoms with Gasteiger partial charge in [0.1, 0.15) is 0 Å².